The summed E-state index contributed by atoms with van der Waals surface area (Å²) < 4.78 is 0. The largest absolute Gasteiger partial charge is 0.388 e. The van der Waals surface area contributed by atoms with E-state index in [4.69, 9.17) is 11.6 Å². The van der Waals surface area contributed by atoms with Gasteiger partial charge in [0.05, 0.1) is 10.6 Å². The summed E-state index contributed by atoms with van der Waals surface area (Å²) in [7, 11) is 0. The Labute approximate surface area is 143 Å². The second kappa shape index (κ2) is 7.49. The van der Waals surface area contributed by atoms with Gasteiger partial charge < -0.3 is 15.3 Å². The van der Waals surface area contributed by atoms with E-state index in [-0.39, 0.29) is 17.7 Å². The first-order chi connectivity index (χ1) is 10.8. The average Bonchev–Trinajstić information content (AvgIpc) is 2.53. The molecule has 6 heteroatoms. The molecule has 1 saturated heterocycles. The molecule has 1 aliphatic heterocycles. The van der Waals surface area contributed by atoms with E-state index >= 15 is 0 Å². The molecule has 2 heterocycles. The maximum atomic E-state index is 12.3. The van der Waals surface area contributed by atoms with Gasteiger partial charge >= 0.3 is 0 Å². The van der Waals surface area contributed by atoms with E-state index in [9.17, 15) is 9.90 Å². The third-order valence-corrected chi connectivity index (χ3v) is 4.99. The zero-order chi connectivity index (χ0) is 17.0. The van der Waals surface area contributed by atoms with Crippen LogP contribution in [0.1, 0.15) is 33.6 Å². The fraction of sp³-hybridized carbons (Fsp3) is 0.647. The van der Waals surface area contributed by atoms with Crippen molar-refractivity contribution in [1.82, 2.24) is 10.3 Å². The molecular weight excluding hydrogens is 314 g/mol. The number of hydrogen-bond donors (Lipinski definition) is 2. The molecule has 1 amide bonds. The van der Waals surface area contributed by atoms with E-state index in [1.807, 2.05) is 26.0 Å². The Morgan fingerprint density at radius 3 is 2.65 bits per heavy atom. The lowest BCUT2D eigenvalue weighted by Crippen LogP contribution is -2.47. The first-order valence-electron chi connectivity index (χ1n) is 8.16. The molecule has 0 spiro atoms. The van der Waals surface area contributed by atoms with Crippen LogP contribution < -0.4 is 10.2 Å². The smallest absolute Gasteiger partial charge is 0.223 e. The minimum Gasteiger partial charge on any atom is -0.388 e. The fourth-order valence-electron chi connectivity index (χ4n) is 2.54. The highest BCUT2D eigenvalue weighted by Gasteiger charge is 2.29. The van der Waals surface area contributed by atoms with Gasteiger partial charge in [-0.25, -0.2) is 4.98 Å². The lowest BCUT2D eigenvalue weighted by atomic mass is 9.91. The van der Waals surface area contributed by atoms with E-state index in [0.717, 1.165) is 31.7 Å². The van der Waals surface area contributed by atoms with Gasteiger partial charge in [-0.05, 0) is 37.8 Å². The zero-order valence-corrected chi connectivity index (χ0v) is 14.8. The summed E-state index contributed by atoms with van der Waals surface area (Å²) in [5, 5.41) is 13.7. The number of nitrogens with zero attached hydrogens (tertiary/aromatic N) is 2. The summed E-state index contributed by atoms with van der Waals surface area (Å²) in [6.45, 7) is 7.54. The number of carbonyl (C=O) groups excluding carboxylic acids is 1. The summed E-state index contributed by atoms with van der Waals surface area (Å²) in [5.41, 5.74) is -0.871. The normalized spacial score (nSPS) is 18.8. The minimum atomic E-state index is -0.871. The van der Waals surface area contributed by atoms with Gasteiger partial charge in [0.1, 0.15) is 5.82 Å². The number of halogens is 1. The molecule has 1 aliphatic rings. The van der Waals surface area contributed by atoms with Crippen LogP contribution in [0.15, 0.2) is 18.3 Å². The molecule has 0 aromatic carbocycles. The summed E-state index contributed by atoms with van der Waals surface area (Å²) in [6.07, 6.45) is 3.23. The predicted molar refractivity (Wildman–Crippen MR) is 92.7 cm³/mol. The van der Waals surface area contributed by atoms with Crippen molar-refractivity contribution in [2.75, 3.05) is 24.5 Å². The molecule has 1 atom stereocenters. The van der Waals surface area contributed by atoms with Gasteiger partial charge in [-0.1, -0.05) is 25.4 Å². The van der Waals surface area contributed by atoms with Gasteiger partial charge in [0.15, 0.2) is 0 Å². The number of amides is 1. The summed E-state index contributed by atoms with van der Waals surface area (Å²) >= 11 is 5.85. The molecule has 23 heavy (non-hydrogen) atoms. The average molecular weight is 340 g/mol. The van der Waals surface area contributed by atoms with Crippen LogP contribution in [-0.2, 0) is 4.79 Å². The quantitative estimate of drug-likeness (QED) is 0.865. The Kier molecular flexibility index (Phi) is 5.87. The third-order valence-electron chi connectivity index (χ3n) is 4.77. The van der Waals surface area contributed by atoms with E-state index in [1.54, 1.807) is 13.1 Å². The van der Waals surface area contributed by atoms with Crippen LogP contribution in [0.2, 0.25) is 5.02 Å². The monoisotopic (exact) mass is 339 g/mol. The standard InChI is InChI=1S/C17H26ClN3O2/c1-12(2)17(3,23)11-20-16(22)13-6-8-21(9-7-13)15-5-4-14(18)10-19-15/h4-5,10,12-13,23H,6-9,11H2,1-3H3,(H,20,22). The van der Waals surface area contributed by atoms with Crippen molar-refractivity contribution in [2.45, 2.75) is 39.2 Å². The van der Waals surface area contributed by atoms with Crippen molar-refractivity contribution < 1.29 is 9.90 Å². The predicted octanol–water partition coefficient (Wildman–Crippen LogP) is 2.47. The Morgan fingerprint density at radius 2 is 2.13 bits per heavy atom. The van der Waals surface area contributed by atoms with Gasteiger partial charge in [-0.15, -0.1) is 0 Å². The van der Waals surface area contributed by atoms with Crippen molar-refractivity contribution in [2.24, 2.45) is 11.8 Å². The molecule has 0 radical (unpaired) electrons. The Morgan fingerprint density at radius 1 is 1.48 bits per heavy atom. The van der Waals surface area contributed by atoms with Crippen molar-refractivity contribution in [3.05, 3.63) is 23.4 Å². The number of aromatic nitrogens is 1. The molecule has 128 valence electrons. The summed E-state index contributed by atoms with van der Waals surface area (Å²) in [6, 6.07) is 3.74. The van der Waals surface area contributed by atoms with Crippen LogP contribution in [-0.4, -0.2) is 41.2 Å². The highest BCUT2D eigenvalue weighted by Crippen LogP contribution is 2.23. The first kappa shape index (κ1) is 18.0. The van der Waals surface area contributed by atoms with Crippen LogP contribution in [0.3, 0.4) is 0 Å². The number of pyridine rings is 1. The van der Waals surface area contributed by atoms with Crippen LogP contribution in [0.4, 0.5) is 5.82 Å². The van der Waals surface area contributed by atoms with Gasteiger partial charge in [0.25, 0.3) is 0 Å². The Bertz CT molecular complexity index is 523. The fourth-order valence-corrected chi connectivity index (χ4v) is 2.65. The van der Waals surface area contributed by atoms with Crippen LogP contribution >= 0.6 is 11.6 Å². The Hall–Kier alpha value is -1.33. The van der Waals surface area contributed by atoms with Crippen molar-refractivity contribution in [3.63, 3.8) is 0 Å². The van der Waals surface area contributed by atoms with Crippen LogP contribution in [0, 0.1) is 11.8 Å². The SMILES string of the molecule is CC(C)C(C)(O)CNC(=O)C1CCN(c2ccc(Cl)cn2)CC1. The van der Waals surface area contributed by atoms with Gasteiger partial charge in [-0.2, -0.15) is 0 Å². The number of aliphatic hydroxyl groups is 1. The molecule has 1 aromatic rings. The van der Waals surface area contributed by atoms with Gasteiger partial charge in [0, 0.05) is 31.7 Å². The molecule has 5 nitrogen and oxygen atoms in total. The lowest BCUT2D eigenvalue weighted by molar-refractivity contribution is -0.127. The minimum absolute atomic E-state index is 0.00140. The molecule has 0 aliphatic carbocycles. The van der Waals surface area contributed by atoms with Gasteiger partial charge in [-0.3, -0.25) is 4.79 Å². The van der Waals surface area contributed by atoms with E-state index in [0.29, 0.717) is 11.6 Å². The second-order valence-electron chi connectivity index (χ2n) is 6.83. The van der Waals surface area contributed by atoms with Crippen molar-refractivity contribution >= 4 is 23.3 Å². The van der Waals surface area contributed by atoms with E-state index < -0.39 is 5.60 Å². The van der Waals surface area contributed by atoms with Crippen molar-refractivity contribution in [1.29, 1.82) is 0 Å². The number of piperidine rings is 1. The molecule has 2 rings (SSSR count). The molecule has 2 N–H and O–H groups in total. The highest BCUT2D eigenvalue weighted by atomic mass is 35.5. The molecule has 1 aromatic heterocycles. The third kappa shape index (κ3) is 4.82. The molecule has 0 bridgehead atoms. The number of hydrogen-bond acceptors (Lipinski definition) is 4. The molecule has 0 saturated carbocycles. The highest BCUT2D eigenvalue weighted by molar-refractivity contribution is 6.30. The maximum Gasteiger partial charge on any atom is 0.223 e. The number of carbonyl (C=O) groups is 1. The molecule has 1 unspecified atom stereocenters. The lowest BCUT2D eigenvalue weighted by Gasteiger charge is -2.33. The second-order valence-corrected chi connectivity index (χ2v) is 7.26. The van der Waals surface area contributed by atoms with Gasteiger partial charge in [0.2, 0.25) is 5.91 Å². The number of anilines is 1. The maximum absolute atomic E-state index is 12.3. The summed E-state index contributed by atoms with van der Waals surface area (Å²) in [4.78, 5) is 18.8. The first-order valence-corrected chi connectivity index (χ1v) is 8.54. The zero-order valence-electron chi connectivity index (χ0n) is 14.1. The molecular formula is C17H26ClN3O2. The number of rotatable bonds is 5. The van der Waals surface area contributed by atoms with E-state index in [2.05, 4.69) is 15.2 Å². The van der Waals surface area contributed by atoms with Crippen LogP contribution in [0.5, 0.6) is 0 Å². The number of nitrogens with one attached hydrogen (secondary N) is 1. The Balaban J connectivity index is 1.82. The topological polar surface area (TPSA) is 65.5 Å². The van der Waals surface area contributed by atoms with Crippen molar-refractivity contribution in [3.8, 4) is 0 Å². The molecule has 1 fully saturated rings. The van der Waals surface area contributed by atoms with E-state index in [1.165, 1.54) is 0 Å². The summed E-state index contributed by atoms with van der Waals surface area (Å²) in [5.74, 6) is 1.03. The van der Waals surface area contributed by atoms with Crippen LogP contribution in [0.25, 0.3) is 0 Å².